The molecule has 7 heteroatoms. The summed E-state index contributed by atoms with van der Waals surface area (Å²) in [5.74, 6) is 0.831. The van der Waals surface area contributed by atoms with Gasteiger partial charge in [0.05, 0.1) is 5.56 Å². The van der Waals surface area contributed by atoms with Crippen LogP contribution in [0.3, 0.4) is 0 Å². The van der Waals surface area contributed by atoms with E-state index in [4.69, 9.17) is 0 Å². The smallest absolute Gasteiger partial charge is 0.167 e. The molecule has 0 bridgehead atoms. The Morgan fingerprint density at radius 2 is 2.16 bits per heavy atom. The Bertz CT molecular complexity index is 785. The number of hydrogen-bond acceptors (Lipinski definition) is 6. The van der Waals surface area contributed by atoms with Crippen molar-refractivity contribution in [1.82, 2.24) is 24.4 Å². The van der Waals surface area contributed by atoms with Gasteiger partial charge in [0.1, 0.15) is 18.2 Å². The van der Waals surface area contributed by atoms with Crippen molar-refractivity contribution < 1.29 is 0 Å². The summed E-state index contributed by atoms with van der Waals surface area (Å²) < 4.78 is 1.94. The topological polar surface area (TPSA) is 72.5 Å². The Balaban J connectivity index is 1.98. The molecule has 1 aliphatic heterocycles. The van der Waals surface area contributed by atoms with Gasteiger partial charge in [0.2, 0.25) is 0 Å². The van der Waals surface area contributed by atoms with Crippen LogP contribution in [-0.2, 0) is 13.0 Å². The van der Waals surface area contributed by atoms with Crippen LogP contribution in [0.4, 0.5) is 5.82 Å². The summed E-state index contributed by atoms with van der Waals surface area (Å²) in [6.45, 7) is 8.04. The molecular formula is C18H27N7. The molecule has 3 heterocycles. The largest absolute Gasteiger partial charge is 0.370 e. The van der Waals surface area contributed by atoms with E-state index in [9.17, 15) is 5.26 Å². The zero-order chi connectivity index (χ0) is 18.0. The van der Waals surface area contributed by atoms with Crippen LogP contribution in [0.15, 0.2) is 6.33 Å². The summed E-state index contributed by atoms with van der Waals surface area (Å²) in [5.41, 5.74) is 3.90. The highest BCUT2D eigenvalue weighted by Crippen LogP contribution is 2.31. The highest BCUT2D eigenvalue weighted by Gasteiger charge is 2.27. The highest BCUT2D eigenvalue weighted by molar-refractivity contribution is 5.68. The molecule has 0 radical (unpaired) electrons. The molecule has 134 valence electrons. The van der Waals surface area contributed by atoms with Crippen LogP contribution in [0.5, 0.6) is 0 Å². The summed E-state index contributed by atoms with van der Waals surface area (Å²) >= 11 is 0. The van der Waals surface area contributed by atoms with E-state index >= 15 is 0 Å². The van der Waals surface area contributed by atoms with Crippen molar-refractivity contribution in [2.45, 2.75) is 39.3 Å². The molecule has 2 aromatic heterocycles. The molecule has 1 N–H and O–H groups in total. The molecular weight excluding hydrogens is 314 g/mol. The quantitative estimate of drug-likeness (QED) is 0.807. The predicted molar refractivity (Wildman–Crippen MR) is 98.6 cm³/mol. The van der Waals surface area contributed by atoms with Gasteiger partial charge >= 0.3 is 0 Å². The number of hydrogen-bond donors (Lipinski definition) is 1. The molecule has 0 amide bonds. The molecule has 0 spiro atoms. The lowest BCUT2D eigenvalue weighted by atomic mass is 9.95. The van der Waals surface area contributed by atoms with E-state index in [1.807, 2.05) is 4.40 Å². The fourth-order valence-electron chi connectivity index (χ4n) is 3.47. The Morgan fingerprint density at radius 1 is 1.36 bits per heavy atom. The Morgan fingerprint density at radius 3 is 2.84 bits per heavy atom. The van der Waals surface area contributed by atoms with Gasteiger partial charge in [-0.15, -0.1) is 10.2 Å². The fourth-order valence-corrected chi connectivity index (χ4v) is 3.47. The minimum Gasteiger partial charge on any atom is -0.370 e. The van der Waals surface area contributed by atoms with Crippen molar-refractivity contribution in [3.8, 4) is 6.07 Å². The van der Waals surface area contributed by atoms with Gasteiger partial charge in [0.25, 0.3) is 0 Å². The van der Waals surface area contributed by atoms with E-state index < -0.39 is 0 Å². The Labute approximate surface area is 149 Å². The number of aromatic nitrogens is 3. The molecule has 1 aliphatic rings. The van der Waals surface area contributed by atoms with Gasteiger partial charge in [-0.25, -0.2) is 0 Å². The van der Waals surface area contributed by atoms with Crippen LogP contribution in [-0.4, -0.2) is 64.2 Å². The first kappa shape index (κ1) is 17.6. The summed E-state index contributed by atoms with van der Waals surface area (Å²) in [5, 5.41) is 21.7. The van der Waals surface area contributed by atoms with E-state index in [1.54, 1.807) is 6.33 Å². The van der Waals surface area contributed by atoms with Crippen molar-refractivity contribution in [1.29, 1.82) is 5.26 Å². The Kier molecular flexibility index (Phi) is 5.21. The minimum absolute atomic E-state index is 0.477. The molecule has 0 unspecified atom stereocenters. The normalized spacial score (nSPS) is 14.9. The van der Waals surface area contributed by atoms with E-state index in [2.05, 4.69) is 59.3 Å². The van der Waals surface area contributed by atoms with Crippen LogP contribution in [0, 0.1) is 11.3 Å². The molecule has 0 saturated carbocycles. The second kappa shape index (κ2) is 7.38. The predicted octanol–water partition coefficient (Wildman–Crippen LogP) is 1.73. The third kappa shape index (κ3) is 3.46. The van der Waals surface area contributed by atoms with Crippen LogP contribution < -0.4 is 5.32 Å². The molecule has 7 nitrogen and oxygen atoms in total. The second-order valence-electron chi connectivity index (χ2n) is 7.21. The van der Waals surface area contributed by atoms with Gasteiger partial charge in [-0.05, 0) is 52.9 Å². The molecule has 0 aliphatic carbocycles. The van der Waals surface area contributed by atoms with E-state index in [0.29, 0.717) is 6.04 Å². The van der Waals surface area contributed by atoms with E-state index in [-0.39, 0.29) is 0 Å². The van der Waals surface area contributed by atoms with Crippen LogP contribution in [0.1, 0.15) is 37.0 Å². The first-order chi connectivity index (χ1) is 12.0. The summed E-state index contributed by atoms with van der Waals surface area (Å²) in [4.78, 5) is 4.58. The maximum Gasteiger partial charge on any atom is 0.167 e. The summed E-state index contributed by atoms with van der Waals surface area (Å²) in [7, 11) is 4.14. The monoisotopic (exact) mass is 341 g/mol. The van der Waals surface area contributed by atoms with Crippen molar-refractivity contribution in [3.05, 3.63) is 23.0 Å². The molecule has 0 fully saturated rings. The SMILES string of the molecule is CC(C)N1CCc2c(C#N)c(NCCCN(C)C)n3cnnc3c2C1. The lowest BCUT2D eigenvalue weighted by Gasteiger charge is -2.33. The lowest BCUT2D eigenvalue weighted by Crippen LogP contribution is -2.36. The highest BCUT2D eigenvalue weighted by atomic mass is 15.3. The van der Waals surface area contributed by atoms with E-state index in [0.717, 1.165) is 67.2 Å². The second-order valence-corrected chi connectivity index (χ2v) is 7.21. The lowest BCUT2D eigenvalue weighted by molar-refractivity contribution is 0.204. The van der Waals surface area contributed by atoms with Gasteiger partial charge in [0.15, 0.2) is 5.65 Å². The van der Waals surface area contributed by atoms with Gasteiger partial charge in [-0.3, -0.25) is 9.30 Å². The van der Waals surface area contributed by atoms with Gasteiger partial charge in [-0.2, -0.15) is 5.26 Å². The van der Waals surface area contributed by atoms with Gasteiger partial charge in [-0.1, -0.05) is 0 Å². The zero-order valence-electron chi connectivity index (χ0n) is 15.6. The van der Waals surface area contributed by atoms with Crippen LogP contribution in [0.2, 0.25) is 0 Å². The molecule has 2 aromatic rings. The molecule has 3 rings (SSSR count). The molecule has 0 atom stereocenters. The van der Waals surface area contributed by atoms with E-state index in [1.165, 1.54) is 0 Å². The number of nitriles is 1. The average molecular weight is 341 g/mol. The maximum atomic E-state index is 9.83. The van der Waals surface area contributed by atoms with Crippen molar-refractivity contribution in [2.24, 2.45) is 0 Å². The van der Waals surface area contributed by atoms with Crippen molar-refractivity contribution in [3.63, 3.8) is 0 Å². The maximum absolute atomic E-state index is 9.83. The fraction of sp³-hybridized carbons (Fsp3) is 0.611. The van der Waals surface area contributed by atoms with Gasteiger partial charge in [0, 0.05) is 31.2 Å². The zero-order valence-corrected chi connectivity index (χ0v) is 15.6. The summed E-state index contributed by atoms with van der Waals surface area (Å²) in [6.07, 6.45) is 3.60. The Hall–Kier alpha value is -2.17. The number of nitrogens with zero attached hydrogens (tertiary/aromatic N) is 6. The third-order valence-corrected chi connectivity index (χ3v) is 4.89. The van der Waals surface area contributed by atoms with Gasteiger partial charge < -0.3 is 10.2 Å². The number of pyridine rings is 1. The molecule has 25 heavy (non-hydrogen) atoms. The van der Waals surface area contributed by atoms with Crippen LogP contribution in [0.25, 0.3) is 5.65 Å². The number of nitrogens with one attached hydrogen (secondary N) is 1. The first-order valence-corrected chi connectivity index (χ1v) is 8.93. The average Bonchev–Trinajstić information content (AvgIpc) is 3.07. The number of anilines is 1. The van der Waals surface area contributed by atoms with Crippen LogP contribution >= 0.6 is 0 Å². The van der Waals surface area contributed by atoms with Crippen molar-refractivity contribution in [2.75, 3.05) is 39.0 Å². The first-order valence-electron chi connectivity index (χ1n) is 8.93. The third-order valence-electron chi connectivity index (χ3n) is 4.89. The van der Waals surface area contributed by atoms with Crippen molar-refractivity contribution >= 4 is 11.5 Å². The number of fused-ring (bicyclic) bond motifs is 3. The minimum atomic E-state index is 0.477. The number of rotatable bonds is 6. The molecule has 0 saturated heterocycles. The standard InChI is InChI=1S/C18H27N7/c1-13(2)24-9-6-14-15(10-19)17(20-7-5-8-23(3)4)25-12-21-22-18(25)16(14)11-24/h12-13,20H,5-9,11H2,1-4H3. The molecule has 0 aromatic carbocycles. The summed E-state index contributed by atoms with van der Waals surface area (Å²) in [6, 6.07) is 2.91.